The van der Waals surface area contributed by atoms with E-state index in [1.807, 2.05) is 0 Å². The van der Waals surface area contributed by atoms with Gasteiger partial charge in [0.15, 0.2) is 15.6 Å². The number of benzene rings is 2. The predicted octanol–water partition coefficient (Wildman–Crippen LogP) is 1.51. The van der Waals surface area contributed by atoms with Crippen LogP contribution in [0.4, 0.5) is 34.6 Å². The van der Waals surface area contributed by atoms with Crippen LogP contribution in [-0.2, 0) is 51.2 Å². The number of nitrogens with two attached hydrogens (primary N) is 1. The number of phenolic OH excluding ortho intramolecular Hbond substituents is 1. The molecule has 0 fully saturated rings. The van der Waals surface area contributed by atoms with Gasteiger partial charge in [0.25, 0.3) is 31.7 Å². The van der Waals surface area contributed by atoms with Gasteiger partial charge in [-0.05, 0) is 55.8 Å². The summed E-state index contributed by atoms with van der Waals surface area (Å²) in [4.78, 5) is 32.8. The van der Waals surface area contributed by atoms with Crippen molar-refractivity contribution in [2.75, 3.05) is 23.0 Å². The quantitative estimate of drug-likeness (QED) is 0.0476. The first-order valence-corrected chi connectivity index (χ1v) is 20.9. The lowest BCUT2D eigenvalue weighted by atomic mass is 10.1. The summed E-state index contributed by atoms with van der Waals surface area (Å²) < 4.78 is 129. The fourth-order valence-corrected chi connectivity index (χ4v) is 7.67. The molecule has 25 nitrogen and oxygen atoms in total. The van der Waals surface area contributed by atoms with Crippen LogP contribution in [0.2, 0.25) is 5.28 Å². The molecular formula is C26H26ClN9O16S4. The zero-order valence-corrected chi connectivity index (χ0v) is 32.0. The minimum Gasteiger partial charge on any atom is -0.504 e. The molecule has 2 aromatic carbocycles. The van der Waals surface area contributed by atoms with E-state index in [0.717, 1.165) is 22.8 Å². The highest BCUT2D eigenvalue weighted by atomic mass is 35.5. The van der Waals surface area contributed by atoms with Gasteiger partial charge < -0.3 is 26.6 Å². The van der Waals surface area contributed by atoms with E-state index < -0.39 is 130 Å². The van der Waals surface area contributed by atoms with Crippen molar-refractivity contribution in [1.29, 1.82) is 0 Å². The van der Waals surface area contributed by atoms with Crippen molar-refractivity contribution in [2.24, 2.45) is 16.0 Å². The van der Waals surface area contributed by atoms with Crippen molar-refractivity contribution in [2.45, 2.75) is 35.1 Å². The Labute approximate surface area is 320 Å². The van der Waals surface area contributed by atoms with E-state index in [4.69, 9.17) is 21.9 Å². The van der Waals surface area contributed by atoms with E-state index in [1.165, 1.54) is 13.8 Å². The number of aromatic hydroxyl groups is 2. The van der Waals surface area contributed by atoms with Crippen molar-refractivity contribution >= 4 is 92.6 Å². The molecule has 30 heteroatoms. The van der Waals surface area contributed by atoms with Gasteiger partial charge in [0.1, 0.15) is 26.7 Å². The number of amides is 1. The molecule has 0 spiro atoms. The SMILES string of the molecule is CCn1c(O)c(/N=N/c2ccc(Nc3nc(Cl)nc(Nc4cc(S(=O)(=O)CCOS(=O)(=O)O)cc(S(=O)(=O)O)c4O)n3)cc2S(=O)(=O)O)c(C)c(C(N)=O)c1=O. The summed E-state index contributed by atoms with van der Waals surface area (Å²) in [5.74, 6) is -5.40. The van der Waals surface area contributed by atoms with Crippen molar-refractivity contribution in [1.82, 2.24) is 19.5 Å². The maximum absolute atomic E-state index is 12.8. The monoisotopic (exact) mass is 883 g/mol. The van der Waals surface area contributed by atoms with E-state index in [2.05, 4.69) is 40.0 Å². The van der Waals surface area contributed by atoms with Crippen LogP contribution in [-0.4, -0.2) is 95.3 Å². The Kier molecular flexibility index (Phi) is 12.4. The van der Waals surface area contributed by atoms with Crippen LogP contribution in [0.3, 0.4) is 0 Å². The maximum atomic E-state index is 12.8. The third-order valence-electron chi connectivity index (χ3n) is 7.10. The van der Waals surface area contributed by atoms with Gasteiger partial charge in [-0.1, -0.05) is 0 Å². The van der Waals surface area contributed by atoms with Gasteiger partial charge in [-0.2, -0.15) is 40.2 Å². The number of carbonyl (C=O) groups is 1. The summed E-state index contributed by atoms with van der Waals surface area (Å²) in [6.07, 6.45) is 0. The summed E-state index contributed by atoms with van der Waals surface area (Å²) in [5, 5.41) is 33.0. The zero-order valence-electron chi connectivity index (χ0n) is 28.0. The Balaban J connectivity index is 1.73. The minimum absolute atomic E-state index is 0.123. The second-order valence-corrected chi connectivity index (χ2v) is 17.1. The van der Waals surface area contributed by atoms with Gasteiger partial charge in [-0.3, -0.25) is 27.8 Å². The number of hydrogen-bond acceptors (Lipinski definition) is 20. The number of azo groups is 1. The number of rotatable bonds is 15. The Morgan fingerprint density at radius 3 is 2.07 bits per heavy atom. The average Bonchev–Trinajstić information content (AvgIpc) is 3.04. The van der Waals surface area contributed by atoms with Crippen LogP contribution in [0, 0.1) is 6.92 Å². The van der Waals surface area contributed by atoms with Crippen LogP contribution < -0.4 is 21.9 Å². The molecule has 0 bridgehead atoms. The second kappa shape index (κ2) is 16.0. The molecule has 0 atom stereocenters. The Morgan fingerprint density at radius 1 is 0.911 bits per heavy atom. The topological polar surface area (TPSA) is 399 Å². The number of carbonyl (C=O) groups excluding carboxylic acids is 1. The molecule has 0 aliphatic rings. The maximum Gasteiger partial charge on any atom is 0.397 e. The minimum atomic E-state index is -5.33. The lowest BCUT2D eigenvalue weighted by Gasteiger charge is -2.14. The standard InChI is InChI=1S/C26H26ClN9O16S4/c1-3-36-22(39)18(21(28)38)11(2)19(23(36)40)35-34-14-5-4-12(8-16(14)54(43,44)45)29-25-31-24(27)32-26(33-25)30-15-9-13(10-17(20(15)37)55(46,47)48)53(41,42)7-6-52-56(49,50)51/h4-5,8-10,37,40H,3,6-7H2,1-2H3,(H2,28,38)(H,43,44,45)(H,46,47,48)(H,49,50,51)(H2,29,30,31,32,33)/b35-34+. The average molecular weight is 884 g/mol. The van der Waals surface area contributed by atoms with Crippen molar-refractivity contribution in [3.63, 3.8) is 0 Å². The molecule has 0 saturated heterocycles. The number of halogens is 1. The van der Waals surface area contributed by atoms with Crippen LogP contribution in [0.1, 0.15) is 22.8 Å². The van der Waals surface area contributed by atoms with Gasteiger partial charge in [-0.25, -0.2) is 12.6 Å². The fraction of sp³-hybridized carbons (Fsp3) is 0.192. The van der Waals surface area contributed by atoms with Gasteiger partial charge in [-0.15, -0.1) is 10.2 Å². The number of pyridine rings is 1. The predicted molar refractivity (Wildman–Crippen MR) is 191 cm³/mol. The molecule has 56 heavy (non-hydrogen) atoms. The smallest absolute Gasteiger partial charge is 0.397 e. The van der Waals surface area contributed by atoms with E-state index in [1.54, 1.807) is 0 Å². The highest BCUT2D eigenvalue weighted by Crippen LogP contribution is 2.37. The molecule has 0 unspecified atom stereocenters. The van der Waals surface area contributed by atoms with Gasteiger partial charge in [0, 0.05) is 17.8 Å². The molecule has 4 aromatic rings. The highest BCUT2D eigenvalue weighted by Gasteiger charge is 2.27. The third kappa shape index (κ3) is 10.1. The van der Waals surface area contributed by atoms with Gasteiger partial charge in [0.2, 0.25) is 23.1 Å². The first-order chi connectivity index (χ1) is 25.7. The summed E-state index contributed by atoms with van der Waals surface area (Å²) in [6.45, 7) is 1.45. The van der Waals surface area contributed by atoms with Crippen LogP contribution >= 0.6 is 11.6 Å². The molecule has 9 N–H and O–H groups in total. The lowest BCUT2D eigenvalue weighted by Crippen LogP contribution is -2.30. The van der Waals surface area contributed by atoms with Crippen LogP contribution in [0.15, 0.2) is 60.0 Å². The molecular weight excluding hydrogens is 858 g/mol. The Hall–Kier alpha value is -5.40. The normalized spacial score (nSPS) is 12.5. The first-order valence-electron chi connectivity index (χ1n) is 14.7. The number of sulfone groups is 1. The van der Waals surface area contributed by atoms with Gasteiger partial charge >= 0.3 is 10.4 Å². The van der Waals surface area contributed by atoms with E-state index in [9.17, 15) is 62.6 Å². The van der Waals surface area contributed by atoms with E-state index in [0.29, 0.717) is 12.1 Å². The number of aromatic nitrogens is 4. The molecule has 302 valence electrons. The van der Waals surface area contributed by atoms with E-state index >= 15 is 0 Å². The largest absolute Gasteiger partial charge is 0.504 e. The molecule has 4 rings (SSSR count). The fourth-order valence-electron chi connectivity index (χ4n) is 4.63. The molecule has 0 radical (unpaired) electrons. The summed E-state index contributed by atoms with van der Waals surface area (Å²) in [5.41, 5.74) is 1.80. The first kappa shape index (κ1) is 43.3. The van der Waals surface area contributed by atoms with E-state index in [-0.39, 0.29) is 17.8 Å². The molecule has 2 aromatic heterocycles. The second-order valence-electron chi connectivity index (χ2n) is 10.8. The number of nitrogens with zero attached hydrogens (tertiary/aromatic N) is 6. The zero-order chi connectivity index (χ0) is 42.1. The lowest BCUT2D eigenvalue weighted by molar-refractivity contribution is 0.0997. The summed E-state index contributed by atoms with van der Waals surface area (Å²) in [7, 11) is -20.1. The summed E-state index contributed by atoms with van der Waals surface area (Å²) >= 11 is 5.99. The van der Waals surface area contributed by atoms with Crippen molar-refractivity contribution in [3.8, 4) is 11.6 Å². The Morgan fingerprint density at radius 2 is 1.52 bits per heavy atom. The number of phenols is 1. The molecule has 1 amide bonds. The molecule has 0 aliphatic heterocycles. The van der Waals surface area contributed by atoms with Crippen molar-refractivity contribution < 1.29 is 66.5 Å². The highest BCUT2D eigenvalue weighted by molar-refractivity contribution is 7.91. The number of anilines is 4. The summed E-state index contributed by atoms with van der Waals surface area (Å²) in [6, 6.07) is 3.96. The third-order valence-corrected chi connectivity index (χ3v) is 11.1. The van der Waals surface area contributed by atoms with Gasteiger partial charge in [0.05, 0.1) is 22.9 Å². The Bertz CT molecular complexity index is 2820. The van der Waals surface area contributed by atoms with Crippen molar-refractivity contribution in [3.05, 3.63) is 57.1 Å². The molecule has 0 saturated carbocycles. The van der Waals surface area contributed by atoms with Crippen LogP contribution in [0.5, 0.6) is 11.6 Å². The number of primary amides is 1. The number of hydrogen-bond donors (Lipinski definition) is 8. The molecule has 0 aliphatic carbocycles. The molecule has 2 heterocycles. The van der Waals surface area contributed by atoms with Crippen LogP contribution in [0.25, 0.3) is 0 Å². The number of nitrogens with one attached hydrogen (secondary N) is 2.